The Hall–Kier alpha value is -2.95. The number of piperidine rings is 1. The first-order chi connectivity index (χ1) is 16.3. The minimum atomic E-state index is 0.282. The summed E-state index contributed by atoms with van der Waals surface area (Å²) in [6.45, 7) is 4.27. The largest absolute Gasteiger partial charge is 0.369 e. The second-order valence-electron chi connectivity index (χ2n) is 8.83. The van der Waals surface area contributed by atoms with Gasteiger partial charge >= 0.3 is 0 Å². The fourth-order valence-electron chi connectivity index (χ4n) is 4.81. The van der Waals surface area contributed by atoms with Crippen molar-refractivity contribution in [2.75, 3.05) is 25.0 Å². The Kier molecular flexibility index (Phi) is 6.84. The number of nitrogens with zero attached hydrogens (tertiary/aromatic N) is 3. The first kappa shape index (κ1) is 21.9. The fraction of sp³-hybridized carbons (Fsp3) is 0.286. The number of halogens is 1. The molecule has 0 aliphatic carbocycles. The van der Waals surface area contributed by atoms with Crippen molar-refractivity contribution in [2.45, 2.75) is 25.8 Å². The number of hydrogen-bond donors (Lipinski definition) is 1. The number of likely N-dealkylation sites (tertiary alicyclic amines) is 1. The van der Waals surface area contributed by atoms with Crippen LogP contribution in [0.2, 0.25) is 5.28 Å². The number of anilines is 1. The third-order valence-corrected chi connectivity index (χ3v) is 6.75. The molecule has 2 heterocycles. The summed E-state index contributed by atoms with van der Waals surface area (Å²) in [5, 5.41) is 4.90. The molecule has 0 amide bonds. The molecule has 0 bridgehead atoms. The minimum absolute atomic E-state index is 0.282. The van der Waals surface area contributed by atoms with Gasteiger partial charge in [0.05, 0.1) is 10.9 Å². The van der Waals surface area contributed by atoms with Crippen molar-refractivity contribution in [1.82, 2.24) is 14.9 Å². The van der Waals surface area contributed by atoms with E-state index in [1.807, 2.05) is 18.2 Å². The number of rotatable bonds is 7. The van der Waals surface area contributed by atoms with Gasteiger partial charge in [-0.25, -0.2) is 9.97 Å². The molecule has 5 rings (SSSR count). The van der Waals surface area contributed by atoms with E-state index < -0.39 is 0 Å². The quantitative estimate of drug-likeness (QED) is 0.315. The molecule has 33 heavy (non-hydrogen) atoms. The van der Waals surface area contributed by atoms with Crippen molar-refractivity contribution in [3.8, 4) is 11.1 Å². The molecule has 4 nitrogen and oxygen atoms in total. The van der Waals surface area contributed by atoms with Gasteiger partial charge in [0, 0.05) is 13.1 Å². The Morgan fingerprint density at radius 1 is 0.848 bits per heavy atom. The molecule has 1 fully saturated rings. The van der Waals surface area contributed by atoms with Gasteiger partial charge in [0.1, 0.15) is 5.82 Å². The zero-order chi connectivity index (χ0) is 22.5. The number of benzene rings is 3. The van der Waals surface area contributed by atoms with E-state index in [-0.39, 0.29) is 5.28 Å². The molecule has 5 heteroatoms. The maximum atomic E-state index is 6.26. The van der Waals surface area contributed by atoms with Crippen molar-refractivity contribution in [3.05, 3.63) is 89.7 Å². The van der Waals surface area contributed by atoms with Gasteiger partial charge in [0.25, 0.3) is 0 Å². The molecule has 4 aromatic rings. The second-order valence-corrected chi connectivity index (χ2v) is 9.17. The summed E-state index contributed by atoms with van der Waals surface area (Å²) in [4.78, 5) is 11.6. The zero-order valence-electron chi connectivity index (χ0n) is 18.8. The van der Waals surface area contributed by atoms with Gasteiger partial charge in [-0.15, -0.1) is 0 Å². The van der Waals surface area contributed by atoms with Crippen molar-refractivity contribution in [2.24, 2.45) is 5.92 Å². The Labute approximate surface area is 200 Å². The molecule has 0 radical (unpaired) electrons. The molecule has 168 valence electrons. The Balaban J connectivity index is 1.23. The smallest absolute Gasteiger partial charge is 0.224 e. The molecular formula is C28H29ClN4. The van der Waals surface area contributed by atoms with Crippen molar-refractivity contribution in [3.63, 3.8) is 0 Å². The predicted octanol–water partition coefficient (Wildman–Crippen LogP) is 6.66. The van der Waals surface area contributed by atoms with Crippen LogP contribution in [-0.4, -0.2) is 34.5 Å². The predicted molar refractivity (Wildman–Crippen MR) is 138 cm³/mol. The average molecular weight is 457 g/mol. The third-order valence-electron chi connectivity index (χ3n) is 6.58. The van der Waals surface area contributed by atoms with E-state index in [1.54, 1.807) is 0 Å². The van der Waals surface area contributed by atoms with Gasteiger partial charge in [0.2, 0.25) is 5.28 Å². The minimum Gasteiger partial charge on any atom is -0.369 e. The van der Waals surface area contributed by atoms with Crippen LogP contribution in [-0.2, 0) is 6.54 Å². The van der Waals surface area contributed by atoms with E-state index in [0.717, 1.165) is 53.3 Å². The lowest BCUT2D eigenvalue weighted by molar-refractivity contribution is 0.174. The topological polar surface area (TPSA) is 41.1 Å². The number of nitrogens with one attached hydrogen (secondary N) is 1. The molecule has 0 atom stereocenters. The molecule has 3 aromatic carbocycles. The van der Waals surface area contributed by atoms with Gasteiger partial charge in [-0.05, 0) is 72.6 Å². The van der Waals surface area contributed by atoms with Gasteiger partial charge in [-0.1, -0.05) is 72.8 Å². The highest BCUT2D eigenvalue weighted by molar-refractivity contribution is 6.29. The van der Waals surface area contributed by atoms with E-state index in [2.05, 4.69) is 80.8 Å². The van der Waals surface area contributed by atoms with Crippen molar-refractivity contribution < 1.29 is 0 Å². The summed E-state index contributed by atoms with van der Waals surface area (Å²) in [6, 6.07) is 27.3. The zero-order valence-corrected chi connectivity index (χ0v) is 19.5. The summed E-state index contributed by atoms with van der Waals surface area (Å²) in [7, 11) is 0. The van der Waals surface area contributed by atoms with Gasteiger partial charge in [0.15, 0.2) is 0 Å². The van der Waals surface area contributed by atoms with Crippen molar-refractivity contribution >= 4 is 28.3 Å². The van der Waals surface area contributed by atoms with E-state index in [9.17, 15) is 0 Å². The van der Waals surface area contributed by atoms with Crippen LogP contribution in [0.4, 0.5) is 5.82 Å². The van der Waals surface area contributed by atoms with Crippen LogP contribution in [0.3, 0.4) is 0 Å². The lowest BCUT2D eigenvalue weighted by atomic mass is 9.93. The van der Waals surface area contributed by atoms with Crippen molar-refractivity contribution in [1.29, 1.82) is 0 Å². The molecular weight excluding hydrogens is 428 g/mol. The molecule has 1 N–H and O–H groups in total. The SMILES string of the molecule is Clc1nc(NCCC2CCN(Cc3ccccc3)CC2)c2c(-c3ccccc3)cccc2n1. The molecule has 1 saturated heterocycles. The van der Waals surface area contributed by atoms with Crippen LogP contribution in [0.5, 0.6) is 0 Å². The lowest BCUT2D eigenvalue weighted by Gasteiger charge is -2.32. The number of aromatic nitrogens is 2. The summed E-state index contributed by atoms with van der Waals surface area (Å²) in [6.07, 6.45) is 3.62. The highest BCUT2D eigenvalue weighted by Gasteiger charge is 2.19. The Morgan fingerprint density at radius 3 is 2.33 bits per heavy atom. The van der Waals surface area contributed by atoms with Crippen LogP contribution >= 0.6 is 11.6 Å². The van der Waals surface area contributed by atoms with E-state index in [1.165, 1.54) is 31.5 Å². The van der Waals surface area contributed by atoms with E-state index in [0.29, 0.717) is 0 Å². The summed E-state index contributed by atoms with van der Waals surface area (Å²) >= 11 is 6.26. The molecule has 1 aliphatic heterocycles. The van der Waals surface area contributed by atoms with E-state index >= 15 is 0 Å². The normalized spacial score (nSPS) is 15.1. The fourth-order valence-corrected chi connectivity index (χ4v) is 4.99. The van der Waals surface area contributed by atoms with Gasteiger partial charge in [-0.2, -0.15) is 0 Å². The maximum Gasteiger partial charge on any atom is 0.224 e. The summed E-state index contributed by atoms with van der Waals surface area (Å²) in [5.74, 6) is 1.56. The summed E-state index contributed by atoms with van der Waals surface area (Å²) < 4.78 is 0. The van der Waals surface area contributed by atoms with Crippen LogP contribution in [0.1, 0.15) is 24.8 Å². The third kappa shape index (κ3) is 5.35. The Bertz CT molecular complexity index is 1190. The molecule has 1 aromatic heterocycles. The lowest BCUT2D eigenvalue weighted by Crippen LogP contribution is -2.33. The monoisotopic (exact) mass is 456 g/mol. The van der Waals surface area contributed by atoms with Crippen LogP contribution in [0.25, 0.3) is 22.0 Å². The highest BCUT2D eigenvalue weighted by Crippen LogP contribution is 2.33. The van der Waals surface area contributed by atoms with E-state index in [4.69, 9.17) is 11.6 Å². The second kappa shape index (κ2) is 10.3. The maximum absolute atomic E-state index is 6.26. The first-order valence-corrected chi connectivity index (χ1v) is 12.2. The van der Waals surface area contributed by atoms with Crippen LogP contribution in [0.15, 0.2) is 78.9 Å². The highest BCUT2D eigenvalue weighted by atomic mass is 35.5. The number of hydrogen-bond acceptors (Lipinski definition) is 4. The number of fused-ring (bicyclic) bond motifs is 1. The van der Waals surface area contributed by atoms with Crippen LogP contribution < -0.4 is 5.32 Å². The first-order valence-electron chi connectivity index (χ1n) is 11.8. The Morgan fingerprint density at radius 2 is 1.58 bits per heavy atom. The molecule has 0 saturated carbocycles. The summed E-state index contributed by atoms with van der Waals surface area (Å²) in [5.41, 5.74) is 4.55. The molecule has 0 spiro atoms. The van der Waals surface area contributed by atoms with Crippen LogP contribution in [0, 0.1) is 5.92 Å². The average Bonchev–Trinajstić information content (AvgIpc) is 2.86. The standard InChI is InChI=1S/C28H29ClN4/c29-28-31-25-13-7-12-24(23-10-5-2-6-11-23)26(25)27(32-28)30-17-14-21-15-18-33(19-16-21)20-22-8-3-1-4-9-22/h1-13,21H,14-20H2,(H,30,31,32). The van der Waals surface area contributed by atoms with Gasteiger partial charge < -0.3 is 5.32 Å². The molecule has 0 unspecified atom stereocenters. The molecule has 1 aliphatic rings. The van der Waals surface area contributed by atoms with Gasteiger partial charge in [-0.3, -0.25) is 4.90 Å².